The van der Waals surface area contributed by atoms with Gasteiger partial charge in [-0.15, -0.1) is 4.40 Å². The van der Waals surface area contributed by atoms with Crippen LogP contribution in [0.3, 0.4) is 0 Å². The molecule has 1 amide bonds. The molecule has 4 rings (SSSR count). The Bertz CT molecular complexity index is 1090. The first-order valence-electron chi connectivity index (χ1n) is 7.93. The molecule has 2 aliphatic rings. The minimum atomic E-state index is -3.90. The number of carbonyl (C=O) groups is 1. The number of nitrogens with zero attached hydrogens (tertiary/aromatic N) is 1. The molecule has 2 aromatic rings. The second-order valence-corrected chi connectivity index (χ2v) is 8.50. The van der Waals surface area contributed by atoms with Crippen molar-refractivity contribution in [1.29, 1.82) is 0 Å². The summed E-state index contributed by atoms with van der Waals surface area (Å²) in [5.74, 6) is 0.839. The molecule has 0 atom stereocenters. The van der Waals surface area contributed by atoms with Gasteiger partial charge in [-0.25, -0.2) is 0 Å². The largest absolute Gasteiger partial charge is 0.454 e. The van der Waals surface area contributed by atoms with Crippen molar-refractivity contribution >= 4 is 38.9 Å². The van der Waals surface area contributed by atoms with Crippen molar-refractivity contribution in [3.8, 4) is 11.5 Å². The van der Waals surface area contributed by atoms with E-state index >= 15 is 0 Å². The van der Waals surface area contributed by atoms with Gasteiger partial charge in [0, 0.05) is 0 Å². The molecule has 9 heteroatoms. The van der Waals surface area contributed by atoms with Crippen LogP contribution >= 0.6 is 11.8 Å². The van der Waals surface area contributed by atoms with Crippen LogP contribution in [-0.4, -0.2) is 26.3 Å². The molecule has 2 heterocycles. The van der Waals surface area contributed by atoms with E-state index in [0.29, 0.717) is 16.4 Å². The number of amides is 1. The van der Waals surface area contributed by atoms with Crippen LogP contribution in [0, 0.1) is 6.92 Å². The molecule has 1 saturated heterocycles. The highest BCUT2D eigenvalue weighted by molar-refractivity contribution is 8.19. The van der Waals surface area contributed by atoms with E-state index in [4.69, 9.17) is 9.47 Å². The van der Waals surface area contributed by atoms with Gasteiger partial charge in [0.05, 0.1) is 9.80 Å². The summed E-state index contributed by atoms with van der Waals surface area (Å²) in [5.41, 5.74) is 1.68. The lowest BCUT2D eigenvalue weighted by molar-refractivity contribution is -0.115. The summed E-state index contributed by atoms with van der Waals surface area (Å²) in [6.45, 7) is 2.03. The Hall–Kier alpha value is -2.78. The van der Waals surface area contributed by atoms with Crippen LogP contribution in [-0.2, 0) is 14.8 Å². The Morgan fingerprint density at radius 2 is 1.85 bits per heavy atom. The van der Waals surface area contributed by atoms with Crippen LogP contribution in [0.25, 0.3) is 6.08 Å². The molecule has 2 aromatic carbocycles. The molecular formula is C18H14N2O5S2. The fraction of sp³-hybridized carbons (Fsp3) is 0.111. The van der Waals surface area contributed by atoms with E-state index in [1.54, 1.807) is 36.4 Å². The van der Waals surface area contributed by atoms with Gasteiger partial charge < -0.3 is 9.47 Å². The molecule has 0 aromatic heterocycles. The first-order valence-corrected chi connectivity index (χ1v) is 10.2. The quantitative estimate of drug-likeness (QED) is 0.794. The minimum Gasteiger partial charge on any atom is -0.454 e. The molecular weight excluding hydrogens is 388 g/mol. The van der Waals surface area contributed by atoms with Gasteiger partial charge in [-0.2, -0.15) is 8.42 Å². The SMILES string of the molecule is Cc1ccc(S(=O)(=O)N=C2NC(=O)/C(=C/c3ccc4c(c3)OCO4)S2)cc1. The van der Waals surface area contributed by atoms with E-state index in [1.807, 2.05) is 6.92 Å². The van der Waals surface area contributed by atoms with Crippen LogP contribution in [0.4, 0.5) is 0 Å². The van der Waals surface area contributed by atoms with Crippen LogP contribution in [0.15, 0.2) is 56.7 Å². The highest BCUT2D eigenvalue weighted by atomic mass is 32.2. The molecule has 1 fully saturated rings. The first-order chi connectivity index (χ1) is 12.9. The van der Waals surface area contributed by atoms with Gasteiger partial charge in [-0.05, 0) is 54.6 Å². The van der Waals surface area contributed by atoms with Crippen LogP contribution in [0.5, 0.6) is 11.5 Å². The predicted octanol–water partition coefficient (Wildman–Crippen LogP) is 2.67. The standard InChI is InChI=1S/C18H14N2O5S2/c1-11-2-5-13(6-3-11)27(22,23)20-18-19-17(21)16(26-18)9-12-4-7-14-15(8-12)25-10-24-14/h2-9H,10H2,1H3,(H,19,20,21)/b16-9-. The van der Waals surface area contributed by atoms with Gasteiger partial charge in [-0.3, -0.25) is 10.1 Å². The van der Waals surface area contributed by atoms with Crippen molar-refractivity contribution < 1.29 is 22.7 Å². The fourth-order valence-electron chi connectivity index (χ4n) is 2.50. The lowest BCUT2D eigenvalue weighted by Gasteiger charge is -2.00. The van der Waals surface area contributed by atoms with E-state index in [0.717, 1.165) is 22.9 Å². The normalized spacial score (nSPS) is 18.9. The number of amidine groups is 1. The van der Waals surface area contributed by atoms with E-state index < -0.39 is 15.9 Å². The number of fused-ring (bicyclic) bond motifs is 1. The molecule has 0 bridgehead atoms. The van der Waals surface area contributed by atoms with Crippen molar-refractivity contribution in [3.63, 3.8) is 0 Å². The van der Waals surface area contributed by atoms with Gasteiger partial charge >= 0.3 is 0 Å². The third-order valence-electron chi connectivity index (χ3n) is 3.87. The number of thioether (sulfide) groups is 1. The summed E-state index contributed by atoms with van der Waals surface area (Å²) in [5, 5.41) is 2.51. The van der Waals surface area contributed by atoms with E-state index in [1.165, 1.54) is 12.1 Å². The molecule has 0 saturated carbocycles. The highest BCUT2D eigenvalue weighted by Gasteiger charge is 2.26. The second-order valence-electron chi connectivity index (χ2n) is 5.86. The average molecular weight is 402 g/mol. The Labute approximate surface area is 160 Å². The number of hydrogen-bond acceptors (Lipinski definition) is 6. The number of aryl methyl sites for hydroxylation is 1. The molecule has 1 N–H and O–H groups in total. The number of hydrogen-bond donors (Lipinski definition) is 1. The fourth-order valence-corrected chi connectivity index (χ4v) is 4.48. The van der Waals surface area contributed by atoms with Crippen molar-refractivity contribution in [1.82, 2.24) is 5.32 Å². The van der Waals surface area contributed by atoms with Crippen LogP contribution in [0.2, 0.25) is 0 Å². The van der Waals surface area contributed by atoms with Crippen molar-refractivity contribution in [2.45, 2.75) is 11.8 Å². The molecule has 7 nitrogen and oxygen atoms in total. The summed E-state index contributed by atoms with van der Waals surface area (Å²) in [6.07, 6.45) is 1.64. The Morgan fingerprint density at radius 1 is 1.11 bits per heavy atom. The predicted molar refractivity (Wildman–Crippen MR) is 102 cm³/mol. The first kappa shape index (κ1) is 17.6. The zero-order valence-electron chi connectivity index (χ0n) is 14.1. The summed E-state index contributed by atoms with van der Waals surface area (Å²) in [6, 6.07) is 11.6. The molecule has 0 aliphatic carbocycles. The third-order valence-corrected chi connectivity index (χ3v) is 6.18. The smallest absolute Gasteiger partial charge is 0.284 e. The number of carbonyl (C=O) groups excluding carboxylic acids is 1. The Balaban J connectivity index is 1.58. The molecule has 0 unspecified atom stereocenters. The van der Waals surface area contributed by atoms with Crippen molar-refractivity contribution in [3.05, 3.63) is 58.5 Å². The summed E-state index contributed by atoms with van der Waals surface area (Å²) < 4.78 is 39.1. The maximum atomic E-state index is 12.4. The Morgan fingerprint density at radius 3 is 2.63 bits per heavy atom. The average Bonchev–Trinajstić information content (AvgIpc) is 3.21. The van der Waals surface area contributed by atoms with Gasteiger partial charge in [0.15, 0.2) is 16.7 Å². The Kier molecular flexibility index (Phi) is 4.40. The monoisotopic (exact) mass is 402 g/mol. The lowest BCUT2D eigenvalue weighted by Crippen LogP contribution is -2.20. The maximum absolute atomic E-state index is 12.4. The van der Waals surface area contributed by atoms with Crippen molar-refractivity contribution in [2.24, 2.45) is 4.40 Å². The zero-order valence-corrected chi connectivity index (χ0v) is 15.8. The lowest BCUT2D eigenvalue weighted by atomic mass is 10.2. The number of benzene rings is 2. The van der Waals surface area contributed by atoms with E-state index in [2.05, 4.69) is 9.71 Å². The van der Waals surface area contributed by atoms with Gasteiger partial charge in [0.25, 0.3) is 15.9 Å². The number of nitrogens with one attached hydrogen (secondary N) is 1. The number of sulfonamides is 1. The summed E-state index contributed by atoms with van der Waals surface area (Å²) in [7, 11) is -3.90. The van der Waals surface area contributed by atoms with Crippen LogP contribution < -0.4 is 14.8 Å². The van der Waals surface area contributed by atoms with Gasteiger partial charge in [0.2, 0.25) is 6.79 Å². The molecule has 0 spiro atoms. The highest BCUT2D eigenvalue weighted by Crippen LogP contribution is 2.34. The molecule has 0 radical (unpaired) electrons. The van der Waals surface area contributed by atoms with E-state index in [-0.39, 0.29) is 16.9 Å². The molecule has 2 aliphatic heterocycles. The summed E-state index contributed by atoms with van der Waals surface area (Å²) >= 11 is 0.971. The second kappa shape index (κ2) is 6.75. The third kappa shape index (κ3) is 3.69. The van der Waals surface area contributed by atoms with Crippen molar-refractivity contribution in [2.75, 3.05) is 6.79 Å². The van der Waals surface area contributed by atoms with Gasteiger partial charge in [0.1, 0.15) is 0 Å². The van der Waals surface area contributed by atoms with Gasteiger partial charge in [-0.1, -0.05) is 23.8 Å². The summed E-state index contributed by atoms with van der Waals surface area (Å²) in [4.78, 5) is 12.6. The minimum absolute atomic E-state index is 0.0209. The zero-order chi connectivity index (χ0) is 19.0. The van der Waals surface area contributed by atoms with Crippen LogP contribution in [0.1, 0.15) is 11.1 Å². The number of rotatable bonds is 3. The molecule has 27 heavy (non-hydrogen) atoms. The number of ether oxygens (including phenoxy) is 2. The topological polar surface area (TPSA) is 94.1 Å². The maximum Gasteiger partial charge on any atom is 0.284 e. The molecule has 138 valence electrons. The van der Waals surface area contributed by atoms with E-state index in [9.17, 15) is 13.2 Å².